The summed E-state index contributed by atoms with van der Waals surface area (Å²) in [5.41, 5.74) is 0.220. The van der Waals surface area contributed by atoms with Gasteiger partial charge in [0, 0.05) is 5.69 Å². The zero-order chi connectivity index (χ0) is 15.5. The van der Waals surface area contributed by atoms with Gasteiger partial charge in [-0.05, 0) is 37.0 Å². The molecule has 1 aromatic carbocycles. The molecule has 21 heavy (non-hydrogen) atoms. The Morgan fingerprint density at radius 3 is 2.38 bits per heavy atom. The molecule has 0 atom stereocenters. The zero-order valence-electron chi connectivity index (χ0n) is 11.7. The second-order valence-electron chi connectivity index (χ2n) is 5.46. The lowest BCUT2D eigenvalue weighted by Gasteiger charge is -2.21. The fourth-order valence-corrected chi connectivity index (χ4v) is 4.70. The van der Waals surface area contributed by atoms with Gasteiger partial charge >= 0.3 is 0 Å². The molecule has 0 heterocycles. The third-order valence-corrected chi connectivity index (χ3v) is 5.98. The number of sulfonamides is 2. The summed E-state index contributed by atoms with van der Waals surface area (Å²) < 4.78 is 49.2. The summed E-state index contributed by atoms with van der Waals surface area (Å²) >= 11 is 0. The molecule has 0 spiro atoms. The molecule has 8 heteroatoms. The molecule has 0 aromatic heterocycles. The van der Waals surface area contributed by atoms with Crippen LogP contribution in [-0.2, 0) is 20.0 Å². The highest BCUT2D eigenvalue weighted by Gasteiger charge is 2.21. The number of hydrogen-bond acceptors (Lipinski definition) is 4. The van der Waals surface area contributed by atoms with E-state index in [9.17, 15) is 16.8 Å². The molecule has 6 nitrogen and oxygen atoms in total. The molecule has 1 saturated carbocycles. The van der Waals surface area contributed by atoms with Crippen LogP contribution in [0.15, 0.2) is 29.2 Å². The van der Waals surface area contributed by atoms with E-state index in [0.717, 1.165) is 25.7 Å². The highest BCUT2D eigenvalue weighted by atomic mass is 32.2. The van der Waals surface area contributed by atoms with Crippen molar-refractivity contribution in [2.45, 2.75) is 37.0 Å². The highest BCUT2D eigenvalue weighted by molar-refractivity contribution is 7.92. The van der Waals surface area contributed by atoms with Gasteiger partial charge in [-0.3, -0.25) is 4.72 Å². The first kappa shape index (κ1) is 16.3. The molecule has 1 aliphatic rings. The van der Waals surface area contributed by atoms with Crippen LogP contribution in [-0.4, -0.2) is 22.6 Å². The zero-order valence-corrected chi connectivity index (χ0v) is 13.3. The van der Waals surface area contributed by atoms with Crippen LogP contribution >= 0.6 is 0 Å². The Balaban J connectivity index is 2.09. The van der Waals surface area contributed by atoms with Crippen molar-refractivity contribution in [1.29, 1.82) is 0 Å². The van der Waals surface area contributed by atoms with Gasteiger partial charge in [0.1, 0.15) is 0 Å². The fraction of sp³-hybridized carbons (Fsp3) is 0.538. The van der Waals surface area contributed by atoms with Crippen LogP contribution in [0.3, 0.4) is 0 Å². The SMILES string of the molecule is NS(=O)(=O)c1cccc(NS(=O)(=O)CC2CCCCC2)c1. The minimum atomic E-state index is -3.84. The highest BCUT2D eigenvalue weighted by Crippen LogP contribution is 2.25. The summed E-state index contributed by atoms with van der Waals surface area (Å²) in [6.45, 7) is 0. The van der Waals surface area contributed by atoms with Crippen molar-refractivity contribution in [3.63, 3.8) is 0 Å². The summed E-state index contributed by atoms with van der Waals surface area (Å²) in [6.07, 6.45) is 5.17. The Hall–Kier alpha value is -1.12. The Morgan fingerprint density at radius 2 is 1.76 bits per heavy atom. The monoisotopic (exact) mass is 332 g/mol. The second kappa shape index (κ2) is 6.33. The average molecular weight is 332 g/mol. The van der Waals surface area contributed by atoms with Crippen LogP contribution in [0.1, 0.15) is 32.1 Å². The molecule has 1 aliphatic carbocycles. The molecule has 0 bridgehead atoms. The smallest absolute Gasteiger partial charge is 0.238 e. The quantitative estimate of drug-likeness (QED) is 0.855. The van der Waals surface area contributed by atoms with Crippen LogP contribution < -0.4 is 9.86 Å². The maximum Gasteiger partial charge on any atom is 0.238 e. The molecular weight excluding hydrogens is 312 g/mol. The minimum absolute atomic E-state index is 0.0760. The van der Waals surface area contributed by atoms with Gasteiger partial charge in [0.2, 0.25) is 20.0 Å². The predicted molar refractivity (Wildman–Crippen MR) is 81.8 cm³/mol. The van der Waals surface area contributed by atoms with Crippen LogP contribution in [0, 0.1) is 5.92 Å². The fourth-order valence-electron chi connectivity index (χ4n) is 2.62. The van der Waals surface area contributed by atoms with Crippen molar-refractivity contribution in [1.82, 2.24) is 0 Å². The van der Waals surface area contributed by atoms with Crippen molar-refractivity contribution in [2.24, 2.45) is 11.1 Å². The molecule has 0 saturated heterocycles. The van der Waals surface area contributed by atoms with Gasteiger partial charge in [0.15, 0.2) is 0 Å². The Bertz CT molecular complexity index is 693. The van der Waals surface area contributed by atoms with E-state index in [-0.39, 0.29) is 22.3 Å². The summed E-state index contributed by atoms with van der Waals surface area (Å²) in [7, 11) is -7.33. The van der Waals surface area contributed by atoms with Gasteiger partial charge in [-0.15, -0.1) is 0 Å². The number of nitrogens with one attached hydrogen (secondary N) is 1. The van der Waals surface area contributed by atoms with Crippen molar-refractivity contribution < 1.29 is 16.8 Å². The summed E-state index contributed by atoms with van der Waals surface area (Å²) in [5, 5.41) is 5.03. The maximum atomic E-state index is 12.1. The van der Waals surface area contributed by atoms with Gasteiger partial charge in [-0.2, -0.15) is 0 Å². The molecule has 1 fully saturated rings. The second-order valence-corrected chi connectivity index (χ2v) is 8.79. The van der Waals surface area contributed by atoms with E-state index in [0.29, 0.717) is 0 Å². The average Bonchev–Trinajstić information content (AvgIpc) is 2.38. The molecule has 0 radical (unpaired) electrons. The molecule has 3 N–H and O–H groups in total. The summed E-state index contributed by atoms with van der Waals surface area (Å²) in [4.78, 5) is -0.111. The number of nitrogens with two attached hydrogens (primary N) is 1. The number of anilines is 1. The van der Waals surface area contributed by atoms with E-state index in [1.54, 1.807) is 0 Å². The largest absolute Gasteiger partial charge is 0.284 e. The van der Waals surface area contributed by atoms with Gasteiger partial charge in [0.05, 0.1) is 10.6 Å². The van der Waals surface area contributed by atoms with Crippen molar-refractivity contribution in [3.05, 3.63) is 24.3 Å². The molecule has 118 valence electrons. The van der Waals surface area contributed by atoms with Crippen LogP contribution in [0.4, 0.5) is 5.69 Å². The molecular formula is C13H20N2O4S2. The van der Waals surface area contributed by atoms with Gasteiger partial charge in [0.25, 0.3) is 0 Å². The first-order chi connectivity index (χ1) is 9.76. The molecule has 0 unspecified atom stereocenters. The molecule has 0 aliphatic heterocycles. The van der Waals surface area contributed by atoms with Crippen LogP contribution in [0.2, 0.25) is 0 Å². The number of primary sulfonamides is 1. The van der Waals surface area contributed by atoms with Crippen LogP contribution in [0.25, 0.3) is 0 Å². The molecule has 2 rings (SSSR count). The minimum Gasteiger partial charge on any atom is -0.284 e. The van der Waals surface area contributed by atoms with E-state index in [4.69, 9.17) is 5.14 Å². The standard InChI is InChI=1S/C13H20N2O4S2/c14-21(18,19)13-8-4-7-12(9-13)15-20(16,17)10-11-5-2-1-3-6-11/h4,7-9,11,15H,1-3,5-6,10H2,(H2,14,18,19). The first-order valence-electron chi connectivity index (χ1n) is 6.90. The number of hydrogen-bond donors (Lipinski definition) is 2. The Morgan fingerprint density at radius 1 is 1.10 bits per heavy atom. The van der Waals surface area contributed by atoms with E-state index in [1.165, 1.54) is 30.7 Å². The number of rotatable bonds is 5. The van der Waals surface area contributed by atoms with Gasteiger partial charge in [-0.25, -0.2) is 22.0 Å². The lowest BCUT2D eigenvalue weighted by molar-refractivity contribution is 0.385. The molecule has 0 amide bonds. The van der Waals surface area contributed by atoms with E-state index >= 15 is 0 Å². The topological polar surface area (TPSA) is 106 Å². The Labute approximate surface area is 125 Å². The summed E-state index contributed by atoms with van der Waals surface area (Å²) in [6, 6.07) is 5.52. The van der Waals surface area contributed by atoms with Crippen molar-refractivity contribution >= 4 is 25.7 Å². The summed E-state index contributed by atoms with van der Waals surface area (Å²) in [5.74, 6) is 0.254. The van der Waals surface area contributed by atoms with Crippen molar-refractivity contribution in [3.8, 4) is 0 Å². The third kappa shape index (κ3) is 4.98. The molecule has 1 aromatic rings. The van der Waals surface area contributed by atoms with Gasteiger partial charge < -0.3 is 0 Å². The maximum absolute atomic E-state index is 12.1. The van der Waals surface area contributed by atoms with Crippen molar-refractivity contribution in [2.75, 3.05) is 10.5 Å². The van der Waals surface area contributed by atoms with E-state index < -0.39 is 20.0 Å². The van der Waals surface area contributed by atoms with Gasteiger partial charge in [-0.1, -0.05) is 25.3 Å². The third-order valence-electron chi connectivity index (χ3n) is 3.62. The van der Waals surface area contributed by atoms with E-state index in [2.05, 4.69) is 4.72 Å². The number of benzene rings is 1. The first-order valence-corrected chi connectivity index (χ1v) is 10.1. The Kier molecular flexibility index (Phi) is 4.90. The van der Waals surface area contributed by atoms with E-state index in [1.807, 2.05) is 0 Å². The predicted octanol–water partition coefficient (Wildman–Crippen LogP) is 1.66. The normalized spacial score (nSPS) is 17.6. The lowest BCUT2D eigenvalue weighted by atomic mass is 9.91. The van der Waals surface area contributed by atoms with Crippen LogP contribution in [0.5, 0.6) is 0 Å². The lowest BCUT2D eigenvalue weighted by Crippen LogP contribution is -2.24.